The minimum atomic E-state index is -3.86. The van der Waals surface area contributed by atoms with Gasteiger partial charge in [0.25, 0.3) is 5.56 Å². The van der Waals surface area contributed by atoms with Gasteiger partial charge in [-0.15, -0.1) is 5.10 Å². The normalized spacial score (nSPS) is 12.1. The van der Waals surface area contributed by atoms with Crippen molar-refractivity contribution in [3.05, 3.63) is 94.3 Å². The van der Waals surface area contributed by atoms with Gasteiger partial charge in [0, 0.05) is 42.3 Å². The second-order valence-corrected chi connectivity index (χ2v) is 13.6. The van der Waals surface area contributed by atoms with Crippen molar-refractivity contribution < 1.29 is 12.8 Å². The summed E-state index contributed by atoms with van der Waals surface area (Å²) in [5.74, 6) is -1.13. The van der Waals surface area contributed by atoms with Gasteiger partial charge in [-0.3, -0.25) is 4.79 Å². The third-order valence-electron chi connectivity index (χ3n) is 7.15. The van der Waals surface area contributed by atoms with Crippen molar-refractivity contribution in [1.29, 1.82) is 0 Å². The molecule has 0 saturated heterocycles. The van der Waals surface area contributed by atoms with Crippen molar-refractivity contribution >= 4 is 26.6 Å². The fraction of sp³-hybridized carbons (Fsp3) is 0.323. The molecule has 3 aromatic heterocycles. The van der Waals surface area contributed by atoms with E-state index in [1.165, 1.54) is 10.8 Å². The zero-order chi connectivity index (χ0) is 30.9. The minimum absolute atomic E-state index is 0.0889. The van der Waals surface area contributed by atoms with Gasteiger partial charge in [-0.1, -0.05) is 29.5 Å². The summed E-state index contributed by atoms with van der Waals surface area (Å²) in [6.07, 6.45) is 1.84. The second-order valence-electron chi connectivity index (χ2n) is 11.6. The number of fused-ring (bicyclic) bond motifs is 1. The predicted octanol–water partition coefficient (Wildman–Crippen LogP) is 4.55. The summed E-state index contributed by atoms with van der Waals surface area (Å²) in [6.45, 7) is 8.50. The van der Waals surface area contributed by atoms with Gasteiger partial charge in [-0.25, -0.2) is 27.5 Å². The summed E-state index contributed by atoms with van der Waals surface area (Å²) in [5.41, 5.74) is 3.12. The number of anilines is 1. The molecule has 0 saturated carbocycles. The molecule has 0 aliphatic rings. The van der Waals surface area contributed by atoms with Gasteiger partial charge >= 0.3 is 0 Å². The third-order valence-corrected chi connectivity index (χ3v) is 8.72. The third kappa shape index (κ3) is 6.64. The zero-order valence-corrected chi connectivity index (χ0v) is 25.6. The first-order valence-electron chi connectivity index (χ1n) is 13.9. The number of nitrogens with zero attached hydrogens (tertiary/aromatic N) is 7. The van der Waals surface area contributed by atoms with Gasteiger partial charge in [0.15, 0.2) is 5.82 Å². The first-order valence-corrected chi connectivity index (χ1v) is 15.6. The summed E-state index contributed by atoms with van der Waals surface area (Å²) in [7, 11) is -2.10. The Hall–Kier alpha value is -4.45. The number of benzene rings is 2. The number of aryl methyl sites for hydroxylation is 2. The van der Waals surface area contributed by atoms with Gasteiger partial charge in [0.05, 0.1) is 23.5 Å². The fourth-order valence-corrected chi connectivity index (χ4v) is 6.23. The highest BCUT2D eigenvalue weighted by Crippen LogP contribution is 2.25. The maximum absolute atomic E-state index is 14.9. The van der Waals surface area contributed by atoms with Gasteiger partial charge < -0.3 is 9.47 Å². The van der Waals surface area contributed by atoms with E-state index in [-0.39, 0.29) is 34.3 Å². The van der Waals surface area contributed by atoms with E-state index in [1.807, 2.05) is 36.4 Å². The van der Waals surface area contributed by atoms with E-state index in [4.69, 9.17) is 0 Å². The topological polar surface area (TPSA) is 116 Å². The monoisotopic (exact) mass is 603 g/mol. The largest absolute Gasteiger partial charge is 0.367 e. The van der Waals surface area contributed by atoms with E-state index in [1.54, 1.807) is 36.9 Å². The molecule has 0 aliphatic heterocycles. The lowest BCUT2D eigenvalue weighted by atomic mass is 10.0. The minimum Gasteiger partial charge on any atom is -0.367 e. The lowest BCUT2D eigenvalue weighted by molar-refractivity contribution is 0.499. The van der Waals surface area contributed by atoms with Crippen LogP contribution in [0.3, 0.4) is 0 Å². The van der Waals surface area contributed by atoms with Crippen LogP contribution < -0.4 is 10.5 Å². The van der Waals surface area contributed by atoms with Crippen molar-refractivity contribution in [3.63, 3.8) is 0 Å². The van der Waals surface area contributed by atoms with Crippen LogP contribution in [-0.4, -0.2) is 55.8 Å². The van der Waals surface area contributed by atoms with Crippen LogP contribution >= 0.6 is 0 Å². The summed E-state index contributed by atoms with van der Waals surface area (Å²) < 4.78 is 44.5. The van der Waals surface area contributed by atoms with Gasteiger partial charge in [-0.2, -0.15) is 0 Å². The molecular formula is C31H34FN7O3S. The Morgan fingerprint density at radius 1 is 1.00 bits per heavy atom. The standard InChI is InChI=1S/C31H34FN7O3S/c1-21-16-27(23-18-25(32)29(40)38(20-23)19-22-12-13-26-28(17-22)37(5)36-35-26)34-30(33-21)43(41,42)15-9-14-39(31(2,3)4)24-10-7-6-8-11-24/h6-8,10-13,16-18,20H,9,14-15,19H2,1-5H3. The highest BCUT2D eigenvalue weighted by atomic mass is 32.2. The number of rotatable bonds is 9. The predicted molar refractivity (Wildman–Crippen MR) is 164 cm³/mol. The molecule has 0 atom stereocenters. The molecule has 0 aliphatic carbocycles. The molecular weight excluding hydrogens is 569 g/mol. The SMILES string of the molecule is Cc1cc(-c2cc(F)c(=O)n(Cc3ccc4nnn(C)c4c3)c2)nc(S(=O)(=O)CCCN(c2ccccc2)C(C)(C)C)n1. The van der Waals surface area contributed by atoms with Crippen LogP contribution in [0.5, 0.6) is 0 Å². The van der Waals surface area contributed by atoms with E-state index < -0.39 is 21.2 Å². The molecule has 0 spiro atoms. The zero-order valence-electron chi connectivity index (χ0n) is 24.8. The van der Waals surface area contributed by atoms with Gasteiger partial charge in [0.2, 0.25) is 15.0 Å². The second kappa shape index (κ2) is 11.7. The van der Waals surface area contributed by atoms with E-state index in [9.17, 15) is 17.6 Å². The molecule has 0 fully saturated rings. The number of aromatic nitrogens is 6. The lowest BCUT2D eigenvalue weighted by Gasteiger charge is -2.38. The molecule has 43 heavy (non-hydrogen) atoms. The Balaban J connectivity index is 1.40. The number of sulfone groups is 1. The first-order chi connectivity index (χ1) is 20.3. The number of hydrogen-bond donors (Lipinski definition) is 0. The molecule has 5 aromatic rings. The maximum Gasteiger partial charge on any atom is 0.286 e. The van der Waals surface area contributed by atoms with Crippen LogP contribution in [-0.2, 0) is 23.4 Å². The van der Waals surface area contributed by atoms with Gasteiger partial charge in [0.1, 0.15) is 5.52 Å². The Kier molecular flexibility index (Phi) is 8.15. The Morgan fingerprint density at radius 2 is 1.74 bits per heavy atom. The van der Waals surface area contributed by atoms with Crippen molar-refractivity contribution in [1.82, 2.24) is 29.5 Å². The Bertz CT molecular complexity index is 1950. The number of halogens is 1. The summed E-state index contributed by atoms with van der Waals surface area (Å²) in [6, 6.07) is 17.9. The van der Waals surface area contributed by atoms with Crippen LogP contribution in [0.1, 0.15) is 38.4 Å². The smallest absolute Gasteiger partial charge is 0.286 e. The average molecular weight is 604 g/mol. The summed E-state index contributed by atoms with van der Waals surface area (Å²) in [4.78, 5) is 23.4. The van der Waals surface area contributed by atoms with Crippen molar-refractivity contribution in [2.45, 2.75) is 51.4 Å². The van der Waals surface area contributed by atoms with Crippen LogP contribution in [0.4, 0.5) is 10.1 Å². The summed E-state index contributed by atoms with van der Waals surface area (Å²) >= 11 is 0. The molecule has 224 valence electrons. The van der Waals surface area contributed by atoms with Crippen LogP contribution in [0.2, 0.25) is 0 Å². The first kappa shape index (κ1) is 30.0. The van der Waals surface area contributed by atoms with Gasteiger partial charge in [-0.05, 0) is 76.1 Å². The van der Waals surface area contributed by atoms with Crippen molar-refractivity contribution in [3.8, 4) is 11.3 Å². The van der Waals surface area contributed by atoms with Crippen LogP contribution in [0.25, 0.3) is 22.3 Å². The molecule has 12 heteroatoms. The molecule has 3 heterocycles. The van der Waals surface area contributed by atoms with E-state index in [0.29, 0.717) is 24.2 Å². The van der Waals surface area contributed by atoms with Crippen molar-refractivity contribution in [2.24, 2.45) is 7.05 Å². The molecule has 0 bridgehead atoms. The molecule has 0 amide bonds. The molecule has 10 nitrogen and oxygen atoms in total. The van der Waals surface area contributed by atoms with E-state index in [2.05, 4.69) is 46.0 Å². The highest BCUT2D eigenvalue weighted by Gasteiger charge is 2.25. The summed E-state index contributed by atoms with van der Waals surface area (Å²) in [5, 5.41) is 7.73. The Morgan fingerprint density at radius 3 is 2.47 bits per heavy atom. The number of pyridine rings is 1. The fourth-order valence-electron chi connectivity index (χ4n) is 5.02. The molecule has 0 N–H and O–H groups in total. The lowest BCUT2D eigenvalue weighted by Crippen LogP contribution is -2.42. The quantitative estimate of drug-likeness (QED) is 0.225. The number of para-hydroxylation sites is 1. The van der Waals surface area contributed by atoms with Crippen molar-refractivity contribution in [2.75, 3.05) is 17.2 Å². The maximum atomic E-state index is 14.9. The Labute approximate surface area is 249 Å². The molecule has 0 unspecified atom stereocenters. The molecule has 2 aromatic carbocycles. The molecule has 5 rings (SSSR count). The van der Waals surface area contributed by atoms with Crippen LogP contribution in [0.15, 0.2) is 76.8 Å². The number of hydrogen-bond acceptors (Lipinski definition) is 8. The van der Waals surface area contributed by atoms with Crippen LogP contribution in [0, 0.1) is 12.7 Å². The van der Waals surface area contributed by atoms with E-state index >= 15 is 0 Å². The van der Waals surface area contributed by atoms with E-state index in [0.717, 1.165) is 22.8 Å². The highest BCUT2D eigenvalue weighted by molar-refractivity contribution is 7.91. The molecule has 0 radical (unpaired) electrons. The average Bonchev–Trinajstić information content (AvgIpc) is 3.32.